The number of nitrogens with zero attached hydrogens (tertiary/aromatic N) is 1. The van der Waals surface area contributed by atoms with Crippen LogP contribution in [-0.4, -0.2) is 43.5 Å². The largest absolute Gasteiger partial charge is 1.00 e. The smallest absolute Gasteiger partial charge is 0.330 e. The Hall–Kier alpha value is -1.95. The van der Waals surface area contributed by atoms with E-state index in [9.17, 15) is 9.59 Å². The minimum Gasteiger partial charge on any atom is -1.00 e. The summed E-state index contributed by atoms with van der Waals surface area (Å²) in [5.41, 5.74) is 2.36. The maximum Gasteiger partial charge on any atom is 0.330 e. The Kier molecular flexibility index (Phi) is 8.89. The van der Waals surface area contributed by atoms with Gasteiger partial charge in [0.2, 0.25) is 0 Å². The number of benzene rings is 2. The second kappa shape index (κ2) is 10.4. The fraction of sp³-hybridized carbons (Fsp3) is 0.238. The van der Waals surface area contributed by atoms with Gasteiger partial charge in [-0.2, -0.15) is 0 Å². The summed E-state index contributed by atoms with van der Waals surface area (Å²) in [6, 6.07) is 14.5. The van der Waals surface area contributed by atoms with E-state index in [1.165, 1.54) is 0 Å². The average molecular weight is 453 g/mol. The second-order valence-electron chi connectivity index (χ2n) is 6.72. The fourth-order valence-electron chi connectivity index (χ4n) is 2.56. The van der Waals surface area contributed by atoms with Gasteiger partial charge in [0.05, 0.1) is 14.1 Å². The van der Waals surface area contributed by atoms with E-state index >= 15 is 0 Å². The highest BCUT2D eigenvalue weighted by Gasteiger charge is 2.17. The maximum atomic E-state index is 12.5. The summed E-state index contributed by atoms with van der Waals surface area (Å²) in [7, 11) is 4.13. The molecule has 0 atom stereocenters. The zero-order chi connectivity index (χ0) is 19.2. The molecule has 0 spiro atoms. The number of hydrogen-bond donors (Lipinski definition) is 0. The minimum absolute atomic E-state index is 0. The molecule has 0 saturated heterocycles. The molecule has 0 fully saturated rings. The number of halogens is 2. The van der Waals surface area contributed by atoms with E-state index in [0.717, 1.165) is 18.2 Å². The van der Waals surface area contributed by atoms with Gasteiger partial charge in [0, 0.05) is 27.8 Å². The Morgan fingerprint density at radius 3 is 2.07 bits per heavy atom. The van der Waals surface area contributed by atoms with Gasteiger partial charge in [-0.3, -0.25) is 4.79 Å². The van der Waals surface area contributed by atoms with Gasteiger partial charge in [-0.1, -0.05) is 42.4 Å². The van der Waals surface area contributed by atoms with Crippen molar-refractivity contribution in [2.75, 3.05) is 27.2 Å². The number of hydrogen-bond acceptors (Lipinski definition) is 3. The van der Waals surface area contributed by atoms with Gasteiger partial charge in [0.1, 0.15) is 19.7 Å². The molecule has 2 aromatic carbocycles. The zero-order valence-corrected chi connectivity index (χ0v) is 17.8. The molecule has 0 aromatic heterocycles. The minimum atomic E-state index is -0.407. The first-order chi connectivity index (χ1) is 12.3. The van der Waals surface area contributed by atoms with Crippen LogP contribution in [0.4, 0.5) is 0 Å². The van der Waals surface area contributed by atoms with E-state index in [2.05, 4.69) is 20.7 Å². The van der Waals surface area contributed by atoms with Gasteiger partial charge in [-0.15, -0.1) is 0 Å². The van der Waals surface area contributed by atoms with Crippen molar-refractivity contribution in [2.24, 2.45) is 0 Å². The molecule has 2 aromatic rings. The molecular weight excluding hydrogens is 430 g/mol. The third-order valence-electron chi connectivity index (χ3n) is 4.04. The average Bonchev–Trinajstić information content (AvgIpc) is 2.61. The number of quaternary nitrogens is 1. The van der Waals surface area contributed by atoms with Gasteiger partial charge in [-0.05, 0) is 24.3 Å². The van der Waals surface area contributed by atoms with E-state index in [0.29, 0.717) is 33.8 Å². The Morgan fingerprint density at radius 1 is 1.04 bits per heavy atom. The van der Waals surface area contributed by atoms with E-state index in [1.54, 1.807) is 24.3 Å². The third-order valence-corrected chi connectivity index (χ3v) is 4.29. The summed E-state index contributed by atoms with van der Waals surface area (Å²) in [6.07, 6.45) is 1.16. The lowest BCUT2D eigenvalue weighted by molar-refractivity contribution is -0.903. The molecule has 0 heterocycles. The first kappa shape index (κ1) is 23.1. The highest BCUT2D eigenvalue weighted by atomic mass is 79.9. The molecule has 0 aliphatic rings. The predicted octanol–water partition coefficient (Wildman–Crippen LogP) is 0.881. The van der Waals surface area contributed by atoms with Crippen molar-refractivity contribution >= 4 is 23.4 Å². The van der Waals surface area contributed by atoms with Gasteiger partial charge in [0.15, 0.2) is 5.78 Å². The number of carbonyl (C=O) groups excluding carboxylic acids is 2. The molecule has 0 aliphatic carbocycles. The van der Waals surface area contributed by atoms with Crippen molar-refractivity contribution in [3.63, 3.8) is 0 Å². The topological polar surface area (TPSA) is 43.4 Å². The van der Waals surface area contributed by atoms with Crippen LogP contribution in [0.2, 0.25) is 5.02 Å². The Bertz CT molecular complexity index is 786. The fourth-order valence-corrected chi connectivity index (χ4v) is 2.68. The number of ether oxygens (including phenoxy) is 1. The lowest BCUT2D eigenvalue weighted by Crippen LogP contribution is -3.00. The Morgan fingerprint density at radius 2 is 1.56 bits per heavy atom. The molecule has 0 radical (unpaired) electrons. The van der Waals surface area contributed by atoms with Crippen LogP contribution in [0.15, 0.2) is 61.2 Å². The van der Waals surface area contributed by atoms with Crippen molar-refractivity contribution in [1.29, 1.82) is 0 Å². The van der Waals surface area contributed by atoms with Crippen LogP contribution in [0.3, 0.4) is 0 Å². The van der Waals surface area contributed by atoms with Gasteiger partial charge in [0.25, 0.3) is 0 Å². The molecule has 27 heavy (non-hydrogen) atoms. The number of ketones is 1. The van der Waals surface area contributed by atoms with Gasteiger partial charge in [-0.25, -0.2) is 4.79 Å². The number of rotatable bonds is 8. The monoisotopic (exact) mass is 451 g/mol. The van der Waals surface area contributed by atoms with Gasteiger partial charge < -0.3 is 26.2 Å². The van der Waals surface area contributed by atoms with Crippen LogP contribution in [0.25, 0.3) is 0 Å². The van der Waals surface area contributed by atoms with Crippen LogP contribution in [-0.2, 0) is 16.1 Å². The number of esters is 1. The molecule has 0 N–H and O–H groups in total. The summed E-state index contributed by atoms with van der Waals surface area (Å²) < 4.78 is 5.71. The molecule has 0 aliphatic heterocycles. The quantitative estimate of drug-likeness (QED) is 0.258. The summed E-state index contributed by atoms with van der Waals surface area (Å²) in [4.78, 5) is 23.6. The summed E-state index contributed by atoms with van der Waals surface area (Å²) >= 11 is 5.86. The highest BCUT2D eigenvalue weighted by molar-refractivity contribution is 6.30. The van der Waals surface area contributed by atoms with Crippen molar-refractivity contribution in [1.82, 2.24) is 0 Å². The SMILES string of the molecule is C=CC(=O)OCC[N+](C)(C)Cc1ccc(C(=O)c2ccc(Cl)cc2)cc1.[Br-]. The summed E-state index contributed by atoms with van der Waals surface area (Å²) in [6.45, 7) is 5.17. The Balaban J connectivity index is 0.00000364. The van der Waals surface area contributed by atoms with Gasteiger partial charge >= 0.3 is 5.97 Å². The van der Waals surface area contributed by atoms with Crippen molar-refractivity contribution in [3.05, 3.63) is 82.9 Å². The number of carbonyl (C=O) groups is 2. The molecular formula is C21H23BrClNO3. The lowest BCUT2D eigenvalue weighted by Gasteiger charge is -2.29. The molecule has 2 rings (SSSR count). The van der Waals surface area contributed by atoms with Crippen molar-refractivity contribution in [3.8, 4) is 0 Å². The van der Waals surface area contributed by atoms with Crippen LogP contribution in [0, 0.1) is 0 Å². The number of likely N-dealkylation sites (N-methyl/N-ethyl adjacent to an activating group) is 1. The predicted molar refractivity (Wildman–Crippen MR) is 103 cm³/mol. The summed E-state index contributed by atoms with van der Waals surface area (Å²) in [5, 5.41) is 0.607. The van der Waals surface area contributed by atoms with E-state index in [-0.39, 0.29) is 22.8 Å². The highest BCUT2D eigenvalue weighted by Crippen LogP contribution is 2.16. The van der Waals surface area contributed by atoms with Crippen molar-refractivity contribution in [2.45, 2.75) is 6.54 Å². The standard InChI is InChI=1S/C21H23ClNO3.BrH/c1-4-20(24)26-14-13-23(2,3)15-16-5-7-17(8-6-16)21(25)18-9-11-19(22)12-10-18;/h4-12H,1,13-15H2,2-3H3;1H/q+1;/p-1. The Labute approximate surface area is 175 Å². The first-order valence-corrected chi connectivity index (χ1v) is 8.69. The maximum absolute atomic E-state index is 12.5. The van der Waals surface area contributed by atoms with E-state index < -0.39 is 5.97 Å². The van der Waals surface area contributed by atoms with Crippen LogP contribution < -0.4 is 17.0 Å². The molecule has 0 bridgehead atoms. The van der Waals surface area contributed by atoms with E-state index in [1.807, 2.05) is 24.3 Å². The molecule has 0 saturated carbocycles. The molecule has 6 heteroatoms. The summed E-state index contributed by atoms with van der Waals surface area (Å²) in [5.74, 6) is -0.437. The third kappa shape index (κ3) is 7.29. The van der Waals surface area contributed by atoms with Crippen LogP contribution >= 0.6 is 11.6 Å². The zero-order valence-electron chi connectivity index (χ0n) is 15.5. The van der Waals surface area contributed by atoms with Crippen molar-refractivity contribution < 1.29 is 35.8 Å². The lowest BCUT2D eigenvalue weighted by atomic mass is 10.0. The molecule has 144 valence electrons. The first-order valence-electron chi connectivity index (χ1n) is 8.31. The molecule has 4 nitrogen and oxygen atoms in total. The van der Waals surface area contributed by atoms with Crippen LogP contribution in [0.5, 0.6) is 0 Å². The molecule has 0 unspecified atom stereocenters. The molecule has 0 amide bonds. The normalized spacial score (nSPS) is 10.6. The second-order valence-corrected chi connectivity index (χ2v) is 7.16. The van der Waals surface area contributed by atoms with E-state index in [4.69, 9.17) is 16.3 Å². The van der Waals surface area contributed by atoms with Crippen LogP contribution in [0.1, 0.15) is 21.5 Å².